The lowest BCUT2D eigenvalue weighted by Gasteiger charge is -2.31. The van der Waals surface area contributed by atoms with Crippen LogP contribution in [0.25, 0.3) is 0 Å². The van der Waals surface area contributed by atoms with Crippen molar-refractivity contribution in [1.82, 2.24) is 4.90 Å². The van der Waals surface area contributed by atoms with Gasteiger partial charge in [-0.15, -0.1) is 0 Å². The van der Waals surface area contributed by atoms with Gasteiger partial charge in [-0.1, -0.05) is 18.2 Å². The number of ether oxygens (including phenoxy) is 1. The Morgan fingerprint density at radius 3 is 2.77 bits per heavy atom. The lowest BCUT2D eigenvalue weighted by Crippen LogP contribution is -2.43. The molecule has 1 atom stereocenters. The van der Waals surface area contributed by atoms with Gasteiger partial charge in [-0.3, -0.25) is 9.59 Å². The van der Waals surface area contributed by atoms with E-state index in [0.29, 0.717) is 19.5 Å². The molecule has 2 rings (SSSR count). The van der Waals surface area contributed by atoms with Crippen LogP contribution in [0.3, 0.4) is 0 Å². The number of piperidine rings is 1. The zero-order valence-electron chi connectivity index (χ0n) is 13.1. The van der Waals surface area contributed by atoms with Gasteiger partial charge in [-0.25, -0.2) is 0 Å². The average molecular weight is 305 g/mol. The molecule has 0 spiro atoms. The van der Waals surface area contributed by atoms with Gasteiger partial charge in [-0.2, -0.15) is 0 Å². The topological polar surface area (TPSA) is 66.8 Å². The quantitative estimate of drug-likeness (QED) is 0.906. The van der Waals surface area contributed by atoms with E-state index in [0.717, 1.165) is 17.7 Å². The molecule has 1 aromatic carbocycles. The Balaban J connectivity index is 2.04. The first kappa shape index (κ1) is 16.3. The number of carbonyl (C=O) groups is 2. The molecule has 1 N–H and O–H groups in total. The van der Waals surface area contributed by atoms with E-state index in [4.69, 9.17) is 9.84 Å². The third-order valence-electron chi connectivity index (χ3n) is 3.80. The number of carboxylic acid groups (broad SMARTS) is 1. The highest BCUT2D eigenvalue weighted by Gasteiger charge is 2.28. The number of carboxylic acids is 1. The molecule has 5 nitrogen and oxygen atoms in total. The van der Waals surface area contributed by atoms with Crippen LogP contribution in [0.1, 0.15) is 32.3 Å². The first-order valence-electron chi connectivity index (χ1n) is 7.72. The van der Waals surface area contributed by atoms with Crippen LogP contribution in [0.2, 0.25) is 0 Å². The number of para-hydroxylation sites is 1. The minimum atomic E-state index is -0.818. The van der Waals surface area contributed by atoms with E-state index < -0.39 is 11.9 Å². The third-order valence-corrected chi connectivity index (χ3v) is 3.80. The highest BCUT2D eigenvalue weighted by Crippen LogP contribution is 2.22. The lowest BCUT2D eigenvalue weighted by atomic mass is 9.97. The molecule has 1 amide bonds. The second-order valence-electron chi connectivity index (χ2n) is 5.97. The fourth-order valence-corrected chi connectivity index (χ4v) is 2.70. The van der Waals surface area contributed by atoms with Crippen LogP contribution in [0.15, 0.2) is 24.3 Å². The zero-order valence-corrected chi connectivity index (χ0v) is 13.1. The molecule has 1 heterocycles. The molecule has 0 aromatic heterocycles. The lowest BCUT2D eigenvalue weighted by molar-refractivity contribution is -0.145. The standard InChI is InChI=1S/C17H23NO4/c1-12(2)22-15-8-4-3-6-13(15)10-16(19)18-9-5-7-14(11-18)17(20)21/h3-4,6,8,12,14H,5,7,9-11H2,1-2H3,(H,20,21)/t14-/m0/s1. The first-order chi connectivity index (χ1) is 10.5. The van der Waals surface area contributed by atoms with E-state index in [1.165, 1.54) is 0 Å². The fraction of sp³-hybridized carbons (Fsp3) is 0.529. The number of hydrogen-bond acceptors (Lipinski definition) is 3. The molecule has 1 saturated heterocycles. The van der Waals surface area contributed by atoms with Crippen LogP contribution in [0, 0.1) is 5.92 Å². The number of amides is 1. The van der Waals surface area contributed by atoms with Gasteiger partial charge in [-0.05, 0) is 32.8 Å². The Hall–Kier alpha value is -2.04. The molecule has 22 heavy (non-hydrogen) atoms. The van der Waals surface area contributed by atoms with Crippen molar-refractivity contribution in [3.8, 4) is 5.75 Å². The molecule has 1 fully saturated rings. The van der Waals surface area contributed by atoms with Crippen molar-refractivity contribution in [3.63, 3.8) is 0 Å². The number of hydrogen-bond donors (Lipinski definition) is 1. The molecule has 1 aliphatic heterocycles. The third kappa shape index (κ3) is 4.23. The van der Waals surface area contributed by atoms with E-state index in [-0.39, 0.29) is 18.4 Å². The maximum absolute atomic E-state index is 12.5. The van der Waals surface area contributed by atoms with Gasteiger partial charge in [0, 0.05) is 18.7 Å². The van der Waals surface area contributed by atoms with E-state index >= 15 is 0 Å². The fourth-order valence-electron chi connectivity index (χ4n) is 2.70. The number of carbonyl (C=O) groups excluding carboxylic acids is 1. The summed E-state index contributed by atoms with van der Waals surface area (Å²) in [6.45, 7) is 4.83. The Morgan fingerprint density at radius 2 is 2.09 bits per heavy atom. The van der Waals surface area contributed by atoms with Gasteiger partial charge in [0.25, 0.3) is 0 Å². The normalized spacial score (nSPS) is 18.3. The van der Waals surface area contributed by atoms with Gasteiger partial charge in [0.2, 0.25) is 5.91 Å². The Labute approximate surface area is 130 Å². The van der Waals surface area contributed by atoms with Crippen molar-refractivity contribution < 1.29 is 19.4 Å². The summed E-state index contributed by atoms with van der Waals surface area (Å²) in [7, 11) is 0. The summed E-state index contributed by atoms with van der Waals surface area (Å²) < 4.78 is 5.73. The summed E-state index contributed by atoms with van der Waals surface area (Å²) in [5.74, 6) is -0.579. The second-order valence-corrected chi connectivity index (χ2v) is 5.97. The van der Waals surface area contributed by atoms with Crippen LogP contribution in [-0.2, 0) is 16.0 Å². The Kier molecular flexibility index (Phi) is 5.41. The number of aliphatic carboxylic acids is 1. The molecular formula is C17H23NO4. The summed E-state index contributed by atoms with van der Waals surface area (Å²) in [6, 6.07) is 7.51. The SMILES string of the molecule is CC(C)Oc1ccccc1CC(=O)N1CCC[C@H](C(=O)O)C1. The van der Waals surface area contributed by atoms with E-state index in [9.17, 15) is 9.59 Å². The van der Waals surface area contributed by atoms with Gasteiger partial charge in [0.05, 0.1) is 18.4 Å². The van der Waals surface area contributed by atoms with Crippen LogP contribution in [0.5, 0.6) is 5.75 Å². The molecule has 0 saturated carbocycles. The van der Waals surface area contributed by atoms with Crippen molar-refractivity contribution >= 4 is 11.9 Å². The monoisotopic (exact) mass is 305 g/mol. The maximum atomic E-state index is 12.5. The minimum absolute atomic E-state index is 0.0363. The minimum Gasteiger partial charge on any atom is -0.491 e. The van der Waals surface area contributed by atoms with Gasteiger partial charge in [0.1, 0.15) is 5.75 Å². The molecule has 0 unspecified atom stereocenters. The highest BCUT2D eigenvalue weighted by atomic mass is 16.5. The summed E-state index contributed by atoms with van der Waals surface area (Å²) in [4.78, 5) is 25.2. The first-order valence-corrected chi connectivity index (χ1v) is 7.72. The Morgan fingerprint density at radius 1 is 1.36 bits per heavy atom. The van der Waals surface area contributed by atoms with E-state index in [1.54, 1.807) is 4.90 Å². The van der Waals surface area contributed by atoms with Crippen LogP contribution >= 0.6 is 0 Å². The predicted octanol–water partition coefficient (Wildman–Crippen LogP) is 2.34. The number of likely N-dealkylation sites (tertiary alicyclic amines) is 1. The number of nitrogens with zero attached hydrogens (tertiary/aromatic N) is 1. The predicted molar refractivity (Wildman–Crippen MR) is 82.8 cm³/mol. The van der Waals surface area contributed by atoms with Crippen LogP contribution < -0.4 is 4.74 Å². The van der Waals surface area contributed by atoms with Gasteiger partial charge < -0.3 is 14.7 Å². The number of benzene rings is 1. The van der Waals surface area contributed by atoms with Crippen molar-refractivity contribution in [1.29, 1.82) is 0 Å². The van der Waals surface area contributed by atoms with E-state index in [2.05, 4.69) is 0 Å². The molecule has 0 radical (unpaired) electrons. The zero-order chi connectivity index (χ0) is 16.1. The summed E-state index contributed by atoms with van der Waals surface area (Å²) >= 11 is 0. The summed E-state index contributed by atoms with van der Waals surface area (Å²) in [5, 5.41) is 9.11. The second kappa shape index (κ2) is 7.29. The van der Waals surface area contributed by atoms with E-state index in [1.807, 2.05) is 38.1 Å². The molecular weight excluding hydrogens is 282 g/mol. The summed E-state index contributed by atoms with van der Waals surface area (Å²) in [5.41, 5.74) is 0.846. The maximum Gasteiger partial charge on any atom is 0.308 e. The molecule has 1 aromatic rings. The van der Waals surface area contributed by atoms with Crippen molar-refractivity contribution in [2.75, 3.05) is 13.1 Å². The highest BCUT2D eigenvalue weighted by molar-refractivity contribution is 5.80. The van der Waals surface area contributed by atoms with Crippen molar-refractivity contribution in [2.24, 2.45) is 5.92 Å². The molecule has 120 valence electrons. The average Bonchev–Trinajstić information content (AvgIpc) is 2.49. The van der Waals surface area contributed by atoms with Crippen LogP contribution in [0.4, 0.5) is 0 Å². The largest absolute Gasteiger partial charge is 0.491 e. The van der Waals surface area contributed by atoms with Crippen molar-refractivity contribution in [2.45, 2.75) is 39.2 Å². The number of rotatable bonds is 5. The smallest absolute Gasteiger partial charge is 0.308 e. The molecule has 0 aliphatic carbocycles. The van der Waals surface area contributed by atoms with Crippen molar-refractivity contribution in [3.05, 3.63) is 29.8 Å². The Bertz CT molecular complexity index is 541. The molecule has 5 heteroatoms. The molecule has 0 bridgehead atoms. The summed E-state index contributed by atoms with van der Waals surface area (Å²) in [6.07, 6.45) is 1.68. The van der Waals surface area contributed by atoms with Crippen LogP contribution in [-0.4, -0.2) is 41.1 Å². The van der Waals surface area contributed by atoms with Gasteiger partial charge >= 0.3 is 5.97 Å². The van der Waals surface area contributed by atoms with Gasteiger partial charge in [0.15, 0.2) is 0 Å². The molecule has 1 aliphatic rings.